The van der Waals surface area contributed by atoms with Gasteiger partial charge < -0.3 is 35.6 Å². The van der Waals surface area contributed by atoms with Crippen LogP contribution in [0.2, 0.25) is 0 Å². The van der Waals surface area contributed by atoms with E-state index < -0.39 is 52.0 Å². The van der Waals surface area contributed by atoms with Crippen LogP contribution in [0.3, 0.4) is 0 Å². The number of anilines is 1. The molecule has 0 radical (unpaired) electrons. The van der Waals surface area contributed by atoms with E-state index in [9.17, 15) is 34.8 Å². The lowest BCUT2D eigenvalue weighted by Gasteiger charge is -2.46. The molecule has 1 fully saturated rings. The number of rotatable bonds is 3. The first-order valence-corrected chi connectivity index (χ1v) is 11.5. The molecule has 2 aromatic rings. The van der Waals surface area contributed by atoms with Crippen molar-refractivity contribution in [2.24, 2.45) is 24.6 Å². The minimum absolute atomic E-state index is 0.0736. The summed E-state index contributed by atoms with van der Waals surface area (Å²) in [4.78, 5) is 39.8. The number of aliphatic hydroxyl groups excluding tert-OH is 2. The maximum Gasteiger partial charge on any atom is 0.255 e. The molecule has 5 rings (SSSR count). The summed E-state index contributed by atoms with van der Waals surface area (Å²) in [7, 11) is 5.47. The van der Waals surface area contributed by atoms with Crippen LogP contribution >= 0.6 is 0 Å². The van der Waals surface area contributed by atoms with Gasteiger partial charge in [0.2, 0.25) is 5.78 Å². The van der Waals surface area contributed by atoms with Crippen molar-refractivity contribution >= 4 is 28.9 Å². The molecule has 6 N–H and O–H groups in total. The summed E-state index contributed by atoms with van der Waals surface area (Å²) in [5.74, 6) is -6.37. The van der Waals surface area contributed by atoms with Crippen LogP contribution in [0.1, 0.15) is 24.0 Å². The SMILES string of the molecule is CN(C)c1cc(-c2cccn2C)c(O)c2c1C[C@H]1C[C@H]3CC(=O)C(C(N)=O)=C(O)[C@@]3(O)C(=O)C1=C2O. The topological polar surface area (TPSA) is 166 Å². The molecule has 1 aromatic carbocycles. The fourth-order valence-electron chi connectivity index (χ4n) is 6.00. The Morgan fingerprint density at radius 3 is 2.47 bits per heavy atom. The predicted octanol–water partition coefficient (Wildman–Crippen LogP) is 1.50. The first-order chi connectivity index (χ1) is 16.9. The summed E-state index contributed by atoms with van der Waals surface area (Å²) in [5.41, 5.74) is 4.25. The zero-order valence-corrected chi connectivity index (χ0v) is 20.1. The fraction of sp³-hybridized carbons (Fsp3) is 0.346. The van der Waals surface area contributed by atoms with Gasteiger partial charge in [-0.1, -0.05) is 0 Å². The third-order valence-corrected chi connectivity index (χ3v) is 7.74. The number of benzene rings is 1. The summed E-state index contributed by atoms with van der Waals surface area (Å²) in [6.07, 6.45) is 1.81. The number of aryl methyl sites for hydroxylation is 1. The number of nitrogens with two attached hydrogens (primary N) is 1. The molecule has 1 saturated carbocycles. The highest BCUT2D eigenvalue weighted by Gasteiger charge is 2.60. The third-order valence-electron chi connectivity index (χ3n) is 7.74. The van der Waals surface area contributed by atoms with Gasteiger partial charge in [-0.15, -0.1) is 0 Å². The van der Waals surface area contributed by atoms with Gasteiger partial charge in [0.1, 0.15) is 22.8 Å². The largest absolute Gasteiger partial charge is 0.508 e. The molecule has 188 valence electrons. The predicted molar refractivity (Wildman–Crippen MR) is 130 cm³/mol. The van der Waals surface area contributed by atoms with E-state index in [2.05, 4.69) is 0 Å². The van der Waals surface area contributed by atoms with Gasteiger partial charge in [0.25, 0.3) is 5.91 Å². The number of ketones is 2. The first kappa shape index (κ1) is 23.7. The molecular weight excluding hydrogens is 466 g/mol. The Morgan fingerprint density at radius 1 is 1.19 bits per heavy atom. The molecule has 10 heteroatoms. The number of phenols is 1. The smallest absolute Gasteiger partial charge is 0.255 e. The van der Waals surface area contributed by atoms with Gasteiger partial charge in [-0.25, -0.2) is 0 Å². The number of phenolic OH excluding ortho intramolecular Hbond substituents is 1. The zero-order valence-electron chi connectivity index (χ0n) is 20.1. The highest BCUT2D eigenvalue weighted by molar-refractivity contribution is 6.22. The van der Waals surface area contributed by atoms with Gasteiger partial charge >= 0.3 is 0 Å². The van der Waals surface area contributed by atoms with Crippen LogP contribution in [0, 0.1) is 11.8 Å². The molecule has 36 heavy (non-hydrogen) atoms. The van der Waals surface area contributed by atoms with Gasteiger partial charge in [-0.3, -0.25) is 14.4 Å². The highest BCUT2D eigenvalue weighted by atomic mass is 16.3. The lowest BCUT2D eigenvalue weighted by Crippen LogP contribution is -2.58. The van der Waals surface area contributed by atoms with Gasteiger partial charge in [0, 0.05) is 56.5 Å². The first-order valence-electron chi connectivity index (χ1n) is 11.5. The standard InChI is InChI=1S/C26H27N3O7/c1-28(2)16-10-14(15-5-4-6-29(15)3)21(31)19-13(16)8-11-7-12-9-17(30)20(25(27)35)24(34)26(12,36)23(33)18(11)22(19)32/h4-6,10-12,31-32,34,36H,7-9H2,1-3H3,(H2,27,35)/t11-,12+,26+/m1/s1. The lowest BCUT2D eigenvalue weighted by atomic mass is 9.59. The molecule has 3 aliphatic rings. The zero-order chi connectivity index (χ0) is 26.3. The van der Waals surface area contributed by atoms with E-state index in [1.54, 1.807) is 0 Å². The second kappa shape index (κ2) is 7.72. The van der Waals surface area contributed by atoms with Gasteiger partial charge in [0.05, 0.1) is 11.3 Å². The van der Waals surface area contributed by atoms with Crippen LogP contribution in [-0.2, 0) is 27.9 Å². The molecule has 1 heterocycles. The quantitative estimate of drug-likeness (QED) is 0.401. The number of hydrogen-bond donors (Lipinski definition) is 5. The Labute approximate surface area is 206 Å². The summed E-state index contributed by atoms with van der Waals surface area (Å²) < 4.78 is 1.81. The second-order valence-corrected chi connectivity index (χ2v) is 9.95. The summed E-state index contributed by atoms with van der Waals surface area (Å²) in [6.45, 7) is 0. The van der Waals surface area contributed by atoms with Crippen molar-refractivity contribution in [3.05, 3.63) is 52.4 Å². The molecule has 0 bridgehead atoms. The molecule has 10 nitrogen and oxygen atoms in total. The van der Waals surface area contributed by atoms with Crippen molar-refractivity contribution in [1.29, 1.82) is 0 Å². The number of aromatic hydroxyl groups is 1. The van der Waals surface area contributed by atoms with E-state index in [0.29, 0.717) is 16.8 Å². The second-order valence-electron chi connectivity index (χ2n) is 9.95. The molecule has 0 aliphatic heterocycles. The van der Waals surface area contributed by atoms with Crippen LogP contribution in [0.15, 0.2) is 41.3 Å². The van der Waals surface area contributed by atoms with Crippen molar-refractivity contribution in [2.75, 3.05) is 19.0 Å². The number of amides is 1. The number of fused-ring (bicyclic) bond motifs is 3. The molecule has 3 atom stereocenters. The molecule has 0 saturated heterocycles. The van der Waals surface area contributed by atoms with Crippen LogP contribution < -0.4 is 10.6 Å². The number of Topliss-reactive ketones (excluding diaryl/α,β-unsaturated/α-hetero) is 2. The Balaban J connectivity index is 1.76. The number of aliphatic hydroxyl groups is 3. The van der Waals surface area contributed by atoms with E-state index in [1.165, 1.54) is 0 Å². The molecule has 1 aromatic heterocycles. The third kappa shape index (κ3) is 2.97. The van der Waals surface area contributed by atoms with E-state index >= 15 is 0 Å². The maximum atomic E-state index is 13.7. The van der Waals surface area contributed by atoms with Crippen molar-refractivity contribution < 1.29 is 34.8 Å². The Kier molecular flexibility index (Phi) is 5.08. The Morgan fingerprint density at radius 2 is 1.89 bits per heavy atom. The molecular formula is C26H27N3O7. The van der Waals surface area contributed by atoms with Crippen LogP contribution in [0.25, 0.3) is 17.0 Å². The monoisotopic (exact) mass is 493 g/mol. The average Bonchev–Trinajstić information content (AvgIpc) is 3.21. The Bertz CT molecular complexity index is 1430. The normalized spacial score (nSPS) is 25.4. The highest BCUT2D eigenvalue weighted by Crippen LogP contribution is 2.54. The summed E-state index contributed by atoms with van der Waals surface area (Å²) >= 11 is 0. The minimum Gasteiger partial charge on any atom is -0.508 e. The molecule has 0 unspecified atom stereocenters. The maximum absolute atomic E-state index is 13.7. The van der Waals surface area contributed by atoms with Crippen LogP contribution in [0.5, 0.6) is 5.75 Å². The minimum atomic E-state index is -2.58. The van der Waals surface area contributed by atoms with E-state index in [0.717, 1.165) is 5.69 Å². The molecule has 0 spiro atoms. The van der Waals surface area contributed by atoms with Gasteiger partial charge in [-0.2, -0.15) is 0 Å². The molecule has 1 amide bonds. The van der Waals surface area contributed by atoms with Gasteiger partial charge in [0.15, 0.2) is 11.4 Å². The van der Waals surface area contributed by atoms with E-state index in [4.69, 9.17) is 5.73 Å². The summed E-state index contributed by atoms with van der Waals surface area (Å²) in [5, 5.41) is 44.8. The number of hydrogen-bond acceptors (Lipinski definition) is 8. The van der Waals surface area contributed by atoms with Crippen molar-refractivity contribution in [2.45, 2.75) is 24.9 Å². The number of nitrogens with zero attached hydrogens (tertiary/aromatic N) is 2. The lowest BCUT2D eigenvalue weighted by molar-refractivity contribution is -0.147. The number of aromatic nitrogens is 1. The van der Waals surface area contributed by atoms with Crippen LogP contribution in [-0.4, -0.2) is 62.2 Å². The van der Waals surface area contributed by atoms with Crippen molar-refractivity contribution in [3.63, 3.8) is 0 Å². The number of carbonyl (C=O) groups excluding carboxylic acids is 3. The fourth-order valence-corrected chi connectivity index (χ4v) is 6.00. The summed E-state index contributed by atoms with van der Waals surface area (Å²) in [6, 6.07) is 5.44. The molecule has 3 aliphatic carbocycles. The number of primary amides is 1. The van der Waals surface area contributed by atoms with Gasteiger partial charge in [-0.05, 0) is 42.5 Å². The van der Waals surface area contributed by atoms with E-state index in [1.807, 2.05) is 55.0 Å². The average molecular weight is 494 g/mol. The van der Waals surface area contributed by atoms with Crippen LogP contribution in [0.4, 0.5) is 5.69 Å². The van der Waals surface area contributed by atoms with Crippen molar-refractivity contribution in [1.82, 2.24) is 4.57 Å². The van der Waals surface area contributed by atoms with E-state index in [-0.39, 0.29) is 36.1 Å². The van der Waals surface area contributed by atoms with Crippen molar-refractivity contribution in [3.8, 4) is 17.0 Å². The Hall–Kier alpha value is -4.05. The number of carbonyl (C=O) groups is 3.